The number of hydrogen-bond donors (Lipinski definition) is 1. The fourth-order valence-electron chi connectivity index (χ4n) is 1.13. The van der Waals surface area contributed by atoms with E-state index in [0.29, 0.717) is 29.9 Å². The van der Waals surface area contributed by atoms with Gasteiger partial charge < -0.3 is 10.1 Å². The van der Waals surface area contributed by atoms with Crippen LogP contribution >= 0.6 is 15.9 Å². The average molecular weight is 299 g/mol. The molecule has 1 amide bonds. The van der Waals surface area contributed by atoms with Crippen LogP contribution in [0.15, 0.2) is 35.1 Å². The van der Waals surface area contributed by atoms with Gasteiger partial charge in [-0.3, -0.25) is 4.79 Å². The van der Waals surface area contributed by atoms with E-state index in [-0.39, 0.29) is 5.91 Å². The molecular formula is C12H15BrN2O2. The number of amides is 1. The molecule has 0 fully saturated rings. The van der Waals surface area contributed by atoms with E-state index in [0.717, 1.165) is 5.57 Å². The molecule has 0 aliphatic heterocycles. The van der Waals surface area contributed by atoms with Crippen molar-refractivity contribution >= 4 is 21.8 Å². The van der Waals surface area contributed by atoms with Crippen LogP contribution in [0, 0.1) is 0 Å². The van der Waals surface area contributed by atoms with E-state index < -0.39 is 0 Å². The van der Waals surface area contributed by atoms with Crippen LogP contribution in [0.3, 0.4) is 0 Å². The minimum atomic E-state index is -0.132. The summed E-state index contributed by atoms with van der Waals surface area (Å²) in [6, 6.07) is 3.33. The van der Waals surface area contributed by atoms with Crippen LogP contribution in [-0.2, 0) is 4.74 Å². The molecule has 0 aliphatic carbocycles. The summed E-state index contributed by atoms with van der Waals surface area (Å²) >= 11 is 3.21. The zero-order chi connectivity index (χ0) is 12.7. The summed E-state index contributed by atoms with van der Waals surface area (Å²) in [4.78, 5) is 15.6. The Labute approximate surface area is 109 Å². The van der Waals surface area contributed by atoms with E-state index in [1.165, 1.54) is 0 Å². The van der Waals surface area contributed by atoms with Gasteiger partial charge in [-0.1, -0.05) is 12.2 Å². The first-order valence-corrected chi connectivity index (χ1v) is 6.01. The summed E-state index contributed by atoms with van der Waals surface area (Å²) in [7, 11) is 0. The lowest BCUT2D eigenvalue weighted by Crippen LogP contribution is -2.27. The highest BCUT2D eigenvalue weighted by Gasteiger charge is 2.04. The molecule has 0 saturated carbocycles. The number of nitrogens with one attached hydrogen (secondary N) is 1. The molecule has 1 aromatic rings. The first-order chi connectivity index (χ1) is 8.09. The Kier molecular flexibility index (Phi) is 5.86. The molecule has 0 radical (unpaired) electrons. The molecule has 1 N–H and O–H groups in total. The smallest absolute Gasteiger partial charge is 0.251 e. The van der Waals surface area contributed by atoms with Crippen LogP contribution in [0.4, 0.5) is 0 Å². The third-order valence-corrected chi connectivity index (χ3v) is 2.30. The van der Waals surface area contributed by atoms with Crippen LogP contribution in [0.25, 0.3) is 0 Å². The lowest BCUT2D eigenvalue weighted by molar-refractivity contribution is 0.0926. The zero-order valence-corrected chi connectivity index (χ0v) is 11.3. The van der Waals surface area contributed by atoms with Crippen molar-refractivity contribution in [2.45, 2.75) is 6.92 Å². The maximum atomic E-state index is 11.7. The summed E-state index contributed by atoms with van der Waals surface area (Å²) < 4.78 is 5.91. The second-order valence-electron chi connectivity index (χ2n) is 3.63. The Balaban J connectivity index is 2.28. The Morgan fingerprint density at radius 1 is 1.65 bits per heavy atom. The molecule has 0 atom stereocenters. The van der Waals surface area contributed by atoms with Gasteiger partial charge in [-0.2, -0.15) is 0 Å². The monoisotopic (exact) mass is 298 g/mol. The Morgan fingerprint density at radius 3 is 3.06 bits per heavy atom. The van der Waals surface area contributed by atoms with E-state index in [1.54, 1.807) is 18.3 Å². The van der Waals surface area contributed by atoms with E-state index in [4.69, 9.17) is 4.74 Å². The number of halogens is 1. The molecule has 0 unspecified atom stereocenters. The second-order valence-corrected chi connectivity index (χ2v) is 4.45. The summed E-state index contributed by atoms with van der Waals surface area (Å²) in [6.45, 7) is 7.10. The quantitative estimate of drug-likeness (QED) is 0.497. The van der Waals surface area contributed by atoms with Gasteiger partial charge in [0.25, 0.3) is 5.91 Å². The third kappa shape index (κ3) is 5.60. The zero-order valence-electron chi connectivity index (χ0n) is 9.70. The second kappa shape index (κ2) is 7.19. The molecule has 1 heterocycles. The van der Waals surface area contributed by atoms with Gasteiger partial charge >= 0.3 is 0 Å². The molecule has 1 rings (SSSR count). The summed E-state index contributed by atoms with van der Waals surface area (Å²) in [5, 5.41) is 2.76. The van der Waals surface area contributed by atoms with Crippen molar-refractivity contribution < 1.29 is 9.53 Å². The van der Waals surface area contributed by atoms with Crippen molar-refractivity contribution in [1.82, 2.24) is 10.3 Å². The van der Waals surface area contributed by atoms with E-state index in [2.05, 4.69) is 32.8 Å². The summed E-state index contributed by atoms with van der Waals surface area (Å²) in [6.07, 6.45) is 1.58. The number of carbonyl (C=O) groups excluding carboxylic acids is 1. The van der Waals surface area contributed by atoms with Crippen LogP contribution in [0.5, 0.6) is 0 Å². The van der Waals surface area contributed by atoms with E-state index in [1.807, 2.05) is 6.92 Å². The summed E-state index contributed by atoms with van der Waals surface area (Å²) in [5.41, 5.74) is 1.54. The number of ether oxygens (including phenoxy) is 1. The number of rotatable bonds is 6. The van der Waals surface area contributed by atoms with Gasteiger partial charge in [0, 0.05) is 18.3 Å². The number of carbonyl (C=O) groups is 1. The molecule has 1 aromatic heterocycles. The number of pyridine rings is 1. The highest BCUT2D eigenvalue weighted by molar-refractivity contribution is 9.10. The molecule has 5 heteroatoms. The van der Waals surface area contributed by atoms with Gasteiger partial charge in [-0.25, -0.2) is 4.98 Å². The minimum Gasteiger partial charge on any atom is -0.375 e. The Hall–Kier alpha value is -1.20. The normalized spacial score (nSPS) is 10.0. The van der Waals surface area contributed by atoms with Crippen LogP contribution < -0.4 is 5.32 Å². The maximum absolute atomic E-state index is 11.7. The van der Waals surface area contributed by atoms with Gasteiger partial charge in [0.15, 0.2) is 0 Å². The fraction of sp³-hybridized carbons (Fsp3) is 0.333. The van der Waals surface area contributed by atoms with Gasteiger partial charge in [0.2, 0.25) is 0 Å². The molecule has 0 aromatic carbocycles. The molecule has 17 heavy (non-hydrogen) atoms. The highest BCUT2D eigenvalue weighted by atomic mass is 79.9. The first-order valence-electron chi connectivity index (χ1n) is 5.21. The highest BCUT2D eigenvalue weighted by Crippen LogP contribution is 2.07. The van der Waals surface area contributed by atoms with Crippen molar-refractivity contribution in [3.63, 3.8) is 0 Å². The number of hydrogen-bond acceptors (Lipinski definition) is 3. The lowest BCUT2D eigenvalue weighted by Gasteiger charge is -2.06. The average Bonchev–Trinajstić information content (AvgIpc) is 2.28. The van der Waals surface area contributed by atoms with Crippen molar-refractivity contribution in [2.75, 3.05) is 19.8 Å². The maximum Gasteiger partial charge on any atom is 0.251 e. The molecule has 92 valence electrons. The van der Waals surface area contributed by atoms with Crippen molar-refractivity contribution in [3.8, 4) is 0 Å². The number of aromatic nitrogens is 1. The SMILES string of the molecule is C=C(C)COCCNC(=O)c1ccnc(Br)c1. The Morgan fingerprint density at radius 2 is 2.41 bits per heavy atom. The lowest BCUT2D eigenvalue weighted by atomic mass is 10.2. The predicted molar refractivity (Wildman–Crippen MR) is 69.9 cm³/mol. The van der Waals surface area contributed by atoms with Crippen LogP contribution in [-0.4, -0.2) is 30.6 Å². The van der Waals surface area contributed by atoms with E-state index >= 15 is 0 Å². The molecule has 0 bridgehead atoms. The largest absolute Gasteiger partial charge is 0.375 e. The van der Waals surface area contributed by atoms with Crippen molar-refractivity contribution in [1.29, 1.82) is 0 Å². The van der Waals surface area contributed by atoms with Crippen LogP contribution in [0.2, 0.25) is 0 Å². The Bertz CT molecular complexity index is 407. The number of nitrogens with zero attached hydrogens (tertiary/aromatic N) is 1. The molecule has 0 saturated heterocycles. The topological polar surface area (TPSA) is 51.2 Å². The van der Waals surface area contributed by atoms with Crippen molar-refractivity contribution in [3.05, 3.63) is 40.6 Å². The summed E-state index contributed by atoms with van der Waals surface area (Å²) in [5.74, 6) is -0.132. The van der Waals surface area contributed by atoms with E-state index in [9.17, 15) is 4.79 Å². The first kappa shape index (κ1) is 13.9. The molecular weight excluding hydrogens is 284 g/mol. The van der Waals surface area contributed by atoms with Gasteiger partial charge in [-0.15, -0.1) is 0 Å². The molecule has 4 nitrogen and oxygen atoms in total. The van der Waals surface area contributed by atoms with Gasteiger partial charge in [-0.05, 0) is 35.0 Å². The molecule has 0 spiro atoms. The van der Waals surface area contributed by atoms with Gasteiger partial charge in [0.05, 0.1) is 13.2 Å². The van der Waals surface area contributed by atoms with Crippen LogP contribution in [0.1, 0.15) is 17.3 Å². The standard InChI is InChI=1S/C12H15BrN2O2/c1-9(2)8-17-6-5-15-12(16)10-3-4-14-11(13)7-10/h3-4,7H,1,5-6,8H2,2H3,(H,15,16). The van der Waals surface area contributed by atoms with Crippen molar-refractivity contribution in [2.24, 2.45) is 0 Å². The third-order valence-electron chi connectivity index (χ3n) is 1.87. The minimum absolute atomic E-state index is 0.132. The fourth-order valence-corrected chi connectivity index (χ4v) is 1.49. The predicted octanol–water partition coefficient (Wildman–Crippen LogP) is 2.17. The van der Waals surface area contributed by atoms with Gasteiger partial charge in [0.1, 0.15) is 4.60 Å². The molecule has 0 aliphatic rings.